The molecule has 0 aromatic rings. The van der Waals surface area contributed by atoms with Crippen molar-refractivity contribution in [1.82, 2.24) is 9.71 Å². The summed E-state index contributed by atoms with van der Waals surface area (Å²) < 4.78 is 0. The van der Waals surface area contributed by atoms with E-state index in [1.165, 1.54) is 0 Å². The number of carboxylic acids is 1. The van der Waals surface area contributed by atoms with Crippen LogP contribution in [0.4, 0.5) is 0 Å². The molecule has 0 amide bonds. The van der Waals surface area contributed by atoms with Crippen molar-refractivity contribution in [3.8, 4) is 0 Å². The Hall–Kier alpha value is -0.545. The van der Waals surface area contributed by atoms with Crippen LogP contribution in [0.15, 0.2) is 0 Å². The van der Waals surface area contributed by atoms with Crippen LogP contribution in [0.3, 0.4) is 0 Å². The number of rotatable bonds is 2. The Morgan fingerprint density at radius 3 is 2.77 bits per heavy atom. The van der Waals surface area contributed by atoms with Crippen LogP contribution in [-0.4, -0.2) is 61.0 Å². The van der Waals surface area contributed by atoms with Gasteiger partial charge in [-0.1, -0.05) is 0 Å². The van der Waals surface area contributed by atoms with E-state index < -0.39 is 5.97 Å². The molecule has 0 unspecified atom stereocenters. The number of nitrogens with zero attached hydrogens (tertiary/aromatic N) is 2. The van der Waals surface area contributed by atoms with Crippen molar-refractivity contribution in [2.24, 2.45) is 0 Å². The van der Waals surface area contributed by atoms with Gasteiger partial charge >= 0.3 is 5.97 Å². The molecule has 0 aromatic heterocycles. The summed E-state index contributed by atoms with van der Waals surface area (Å²) in [6.07, 6.45) is 0.164. The highest BCUT2D eigenvalue weighted by Crippen LogP contribution is 2.13. The van der Waals surface area contributed by atoms with E-state index in [-0.39, 0.29) is 12.5 Å². The van der Waals surface area contributed by atoms with Gasteiger partial charge < -0.3 is 14.8 Å². The Labute approximate surface area is 79.9 Å². The third-order valence-electron chi connectivity index (χ3n) is 2.57. The second-order valence-electron chi connectivity index (χ2n) is 3.74. The third-order valence-corrected chi connectivity index (χ3v) is 2.57. The van der Waals surface area contributed by atoms with Crippen molar-refractivity contribution in [2.45, 2.75) is 25.4 Å². The van der Waals surface area contributed by atoms with Gasteiger partial charge in [-0.15, -0.1) is 0 Å². The van der Waals surface area contributed by atoms with Gasteiger partial charge in [-0.05, 0) is 14.0 Å². The first-order chi connectivity index (χ1) is 6.00. The molecule has 2 atom stereocenters. The van der Waals surface area contributed by atoms with Gasteiger partial charge in [0.05, 0.1) is 6.42 Å². The van der Waals surface area contributed by atoms with Gasteiger partial charge in [0, 0.05) is 25.2 Å². The van der Waals surface area contributed by atoms with Gasteiger partial charge in [0.1, 0.15) is 0 Å². The average Bonchev–Trinajstić information content (AvgIpc) is 1.99. The monoisotopic (exact) mass is 182 g/mol. The minimum atomic E-state index is -0.764. The molecular weight excluding hydrogens is 167 g/mol. The summed E-state index contributed by atoms with van der Waals surface area (Å²) in [6.45, 7) is 3.49. The lowest BCUT2D eigenvalue weighted by Gasteiger charge is -2.42. The number of hydrogen-bond acceptors (Lipinski definition) is 3. The lowest BCUT2D eigenvalue weighted by molar-refractivity contribution is -0.138. The highest BCUT2D eigenvalue weighted by Gasteiger charge is 2.27. The first kappa shape index (κ1) is 10.5. The van der Waals surface area contributed by atoms with E-state index in [0.717, 1.165) is 6.54 Å². The average molecular weight is 182 g/mol. The van der Waals surface area contributed by atoms with Gasteiger partial charge in [0.15, 0.2) is 7.98 Å². The van der Waals surface area contributed by atoms with Gasteiger partial charge in [-0.2, -0.15) is 0 Å². The highest BCUT2D eigenvalue weighted by atomic mass is 16.4. The molecular formula is C8H15BN2O2. The fourth-order valence-electron chi connectivity index (χ4n) is 1.66. The number of carboxylic acid groups (broad SMARTS) is 1. The first-order valence-electron chi connectivity index (χ1n) is 4.44. The summed E-state index contributed by atoms with van der Waals surface area (Å²) in [5, 5.41) is 8.65. The standard InChI is InChI=1S/C8H15BN2O2/c1-6-4-10(2)7(3-8(12)13)5-11(6)9/h6-7H,3-5H2,1-2H3,(H,12,13)/t6-,7-/m0/s1. The number of aliphatic carboxylic acids is 1. The van der Waals surface area contributed by atoms with E-state index in [2.05, 4.69) is 4.90 Å². The van der Waals surface area contributed by atoms with Gasteiger partial charge in [-0.3, -0.25) is 4.79 Å². The van der Waals surface area contributed by atoms with Crippen LogP contribution < -0.4 is 0 Å². The summed E-state index contributed by atoms with van der Waals surface area (Å²) >= 11 is 0. The van der Waals surface area contributed by atoms with Gasteiger partial charge in [0.2, 0.25) is 0 Å². The van der Waals surface area contributed by atoms with Gasteiger partial charge in [0.25, 0.3) is 0 Å². The van der Waals surface area contributed by atoms with Crippen LogP contribution in [0.2, 0.25) is 0 Å². The predicted octanol–water partition coefficient (Wildman–Crippen LogP) is -0.451. The summed E-state index contributed by atoms with van der Waals surface area (Å²) in [5.74, 6) is -0.764. The Balaban J connectivity index is 2.51. The van der Waals surface area contributed by atoms with Crippen LogP contribution in [-0.2, 0) is 4.79 Å². The number of carbonyl (C=O) groups is 1. The molecule has 4 nitrogen and oxygen atoms in total. The summed E-state index contributed by atoms with van der Waals surface area (Å²) in [5.41, 5.74) is 0. The topological polar surface area (TPSA) is 43.8 Å². The molecule has 1 N–H and O–H groups in total. The zero-order valence-electron chi connectivity index (χ0n) is 8.10. The molecule has 2 radical (unpaired) electrons. The lowest BCUT2D eigenvalue weighted by atomic mass is 10.0. The molecule has 72 valence electrons. The molecule has 1 aliphatic heterocycles. The summed E-state index contributed by atoms with van der Waals surface area (Å²) in [7, 11) is 7.66. The lowest BCUT2D eigenvalue weighted by Crippen LogP contribution is -2.55. The first-order valence-corrected chi connectivity index (χ1v) is 4.44. The van der Waals surface area contributed by atoms with Crippen molar-refractivity contribution in [1.29, 1.82) is 0 Å². The second-order valence-corrected chi connectivity index (χ2v) is 3.74. The molecule has 0 spiro atoms. The molecule has 5 heteroatoms. The highest BCUT2D eigenvalue weighted by molar-refractivity contribution is 6.04. The second kappa shape index (κ2) is 4.11. The molecule has 0 bridgehead atoms. The zero-order chi connectivity index (χ0) is 10.0. The molecule has 1 aliphatic rings. The third kappa shape index (κ3) is 2.71. The smallest absolute Gasteiger partial charge is 0.304 e. The maximum Gasteiger partial charge on any atom is 0.304 e. The molecule has 0 saturated carbocycles. The van der Waals surface area contributed by atoms with Crippen molar-refractivity contribution >= 4 is 14.0 Å². The van der Waals surface area contributed by atoms with E-state index in [1.807, 2.05) is 14.0 Å². The minimum absolute atomic E-state index is 0.0405. The Morgan fingerprint density at radius 2 is 2.23 bits per heavy atom. The maximum absolute atomic E-state index is 10.5. The minimum Gasteiger partial charge on any atom is -0.481 e. The number of hydrogen-bond donors (Lipinski definition) is 1. The van der Waals surface area contributed by atoms with Crippen molar-refractivity contribution < 1.29 is 9.90 Å². The van der Waals surface area contributed by atoms with Crippen molar-refractivity contribution in [3.05, 3.63) is 0 Å². The van der Waals surface area contributed by atoms with Crippen LogP contribution in [0, 0.1) is 0 Å². The fraction of sp³-hybridized carbons (Fsp3) is 0.875. The Bertz CT molecular complexity index is 201. The molecule has 13 heavy (non-hydrogen) atoms. The van der Waals surface area contributed by atoms with Crippen LogP contribution >= 0.6 is 0 Å². The molecule has 1 fully saturated rings. The largest absolute Gasteiger partial charge is 0.481 e. The Kier molecular flexibility index (Phi) is 3.33. The van der Waals surface area contributed by atoms with Crippen molar-refractivity contribution in [3.63, 3.8) is 0 Å². The summed E-state index contributed by atoms with van der Waals surface area (Å²) in [4.78, 5) is 14.3. The maximum atomic E-state index is 10.5. The quantitative estimate of drug-likeness (QED) is 0.587. The van der Waals surface area contributed by atoms with E-state index in [0.29, 0.717) is 12.6 Å². The molecule has 1 saturated heterocycles. The fourth-order valence-corrected chi connectivity index (χ4v) is 1.66. The van der Waals surface area contributed by atoms with Crippen molar-refractivity contribution in [2.75, 3.05) is 20.1 Å². The van der Waals surface area contributed by atoms with Crippen LogP contribution in [0.5, 0.6) is 0 Å². The SMILES string of the molecule is [B]N1C[C@H](CC(=O)O)N(C)C[C@@H]1C. The van der Waals surface area contributed by atoms with E-state index in [9.17, 15) is 4.79 Å². The number of likely N-dealkylation sites (N-methyl/N-ethyl adjacent to an activating group) is 1. The molecule has 0 aliphatic carbocycles. The van der Waals surface area contributed by atoms with Crippen LogP contribution in [0.25, 0.3) is 0 Å². The van der Waals surface area contributed by atoms with E-state index in [1.54, 1.807) is 4.81 Å². The van der Waals surface area contributed by atoms with Crippen LogP contribution in [0.1, 0.15) is 13.3 Å². The molecule has 0 aromatic carbocycles. The Morgan fingerprint density at radius 1 is 1.62 bits per heavy atom. The zero-order valence-corrected chi connectivity index (χ0v) is 8.10. The molecule has 1 rings (SSSR count). The molecule has 1 heterocycles. The van der Waals surface area contributed by atoms with Gasteiger partial charge in [-0.25, -0.2) is 0 Å². The van der Waals surface area contributed by atoms with E-state index >= 15 is 0 Å². The summed E-state index contributed by atoms with van der Waals surface area (Å²) in [6, 6.07) is 0.341. The predicted molar refractivity (Wildman–Crippen MR) is 50.6 cm³/mol. The van der Waals surface area contributed by atoms with E-state index in [4.69, 9.17) is 13.1 Å². The number of piperazine rings is 1. The normalized spacial score (nSPS) is 31.8.